The summed E-state index contributed by atoms with van der Waals surface area (Å²) in [7, 11) is 1.17. The summed E-state index contributed by atoms with van der Waals surface area (Å²) in [4.78, 5) is 10.4. The van der Waals surface area contributed by atoms with Gasteiger partial charge in [0.2, 0.25) is 0 Å². The molecule has 0 bridgehead atoms. The topological polar surface area (TPSA) is 119 Å². The van der Waals surface area contributed by atoms with Crippen molar-refractivity contribution in [2.75, 3.05) is 7.11 Å². The minimum absolute atomic E-state index is 0. The van der Waals surface area contributed by atoms with Crippen LogP contribution in [0.1, 0.15) is 0 Å². The van der Waals surface area contributed by atoms with Gasteiger partial charge in [0, 0.05) is 7.11 Å². The zero-order valence-electron chi connectivity index (χ0n) is 8.36. The molecule has 0 aromatic carbocycles. The van der Waals surface area contributed by atoms with E-state index in [0.717, 1.165) is 0 Å². The number of aliphatic hydroxyl groups excluding tert-OH is 3. The maximum Gasteiger partial charge on any atom is 1.00 e. The predicted molar refractivity (Wildman–Crippen MR) is 38.7 cm³/mol. The Hall–Kier alpha value is 0.906. The van der Waals surface area contributed by atoms with E-state index in [1.807, 2.05) is 0 Å². The van der Waals surface area contributed by atoms with Crippen molar-refractivity contribution in [1.82, 2.24) is 0 Å². The Morgan fingerprint density at radius 1 is 1.27 bits per heavy atom. The summed E-state index contributed by atoms with van der Waals surface area (Å²) in [6.07, 6.45) is -7.88. The van der Waals surface area contributed by atoms with Gasteiger partial charge in [-0.3, -0.25) is 0 Å². The van der Waals surface area contributed by atoms with Crippen LogP contribution in [0.5, 0.6) is 0 Å². The number of hydrogen-bond acceptors (Lipinski definition) is 7. The van der Waals surface area contributed by atoms with Gasteiger partial charge in [0.25, 0.3) is 0 Å². The number of ether oxygens (including phenoxy) is 2. The largest absolute Gasteiger partial charge is 1.00 e. The smallest absolute Gasteiger partial charge is 0.547 e. The van der Waals surface area contributed by atoms with E-state index in [9.17, 15) is 25.2 Å². The summed E-state index contributed by atoms with van der Waals surface area (Å²) >= 11 is 0. The third-order valence-corrected chi connectivity index (χ3v) is 2.03. The number of carbonyl (C=O) groups excluding carboxylic acids is 1. The van der Waals surface area contributed by atoms with Gasteiger partial charge in [0.05, 0.1) is 5.97 Å². The average molecular weight is 246 g/mol. The van der Waals surface area contributed by atoms with Crippen molar-refractivity contribution in [2.45, 2.75) is 30.7 Å². The molecule has 0 unspecified atom stereocenters. The molecule has 1 rings (SSSR count). The molecule has 0 spiro atoms. The third-order valence-electron chi connectivity index (χ3n) is 2.03. The molecule has 0 saturated carbocycles. The molecule has 3 N–H and O–H groups in total. The van der Waals surface area contributed by atoms with E-state index in [0.29, 0.717) is 0 Å². The van der Waals surface area contributed by atoms with Crippen molar-refractivity contribution in [3.05, 3.63) is 0 Å². The van der Waals surface area contributed by atoms with Gasteiger partial charge in [-0.2, -0.15) is 0 Å². The molecule has 82 valence electrons. The fourth-order valence-electron chi connectivity index (χ4n) is 1.24. The van der Waals surface area contributed by atoms with Crippen LogP contribution in [0.3, 0.4) is 0 Å². The second-order valence-corrected chi connectivity index (χ2v) is 2.95. The molecule has 7 nitrogen and oxygen atoms in total. The van der Waals surface area contributed by atoms with Gasteiger partial charge in [-0.25, -0.2) is 0 Å². The molecule has 1 aliphatic heterocycles. The number of rotatable bonds is 2. The van der Waals surface area contributed by atoms with Crippen LogP contribution in [0.15, 0.2) is 0 Å². The third kappa shape index (κ3) is 3.43. The first kappa shape index (κ1) is 15.9. The SMILES string of the molecule is CO[C@H]1O[C@H](C(=O)[O-])[C@@H](O)[C@H](O)[C@H]1O.[K+]. The minimum atomic E-state index is -1.73. The summed E-state index contributed by atoms with van der Waals surface area (Å²) < 4.78 is 9.22. The van der Waals surface area contributed by atoms with Gasteiger partial charge in [0.1, 0.15) is 24.4 Å². The van der Waals surface area contributed by atoms with Gasteiger partial charge >= 0.3 is 51.4 Å². The Morgan fingerprint density at radius 2 is 1.80 bits per heavy atom. The van der Waals surface area contributed by atoms with Gasteiger partial charge in [-0.1, -0.05) is 0 Å². The molecule has 1 heterocycles. The van der Waals surface area contributed by atoms with Crippen molar-refractivity contribution in [2.24, 2.45) is 0 Å². The van der Waals surface area contributed by atoms with Crippen LogP contribution in [-0.2, 0) is 14.3 Å². The van der Waals surface area contributed by atoms with Crippen molar-refractivity contribution < 1.29 is 86.1 Å². The zero-order chi connectivity index (χ0) is 10.9. The molecule has 5 atom stereocenters. The fraction of sp³-hybridized carbons (Fsp3) is 0.857. The Morgan fingerprint density at radius 3 is 2.20 bits per heavy atom. The van der Waals surface area contributed by atoms with Gasteiger partial charge in [0.15, 0.2) is 6.29 Å². The molecule has 1 aliphatic rings. The molecule has 1 fully saturated rings. The van der Waals surface area contributed by atoms with Crippen LogP contribution in [-0.4, -0.2) is 59.1 Å². The van der Waals surface area contributed by atoms with Crippen LogP contribution >= 0.6 is 0 Å². The summed E-state index contributed by atoms with van der Waals surface area (Å²) in [6, 6.07) is 0. The fourth-order valence-corrected chi connectivity index (χ4v) is 1.24. The first-order valence-corrected chi connectivity index (χ1v) is 3.92. The summed E-state index contributed by atoms with van der Waals surface area (Å²) in [5, 5.41) is 38.1. The molecule has 15 heavy (non-hydrogen) atoms. The van der Waals surface area contributed by atoms with Crippen LogP contribution in [0, 0.1) is 0 Å². The maximum atomic E-state index is 10.4. The molecular formula is C7H11KO7. The minimum Gasteiger partial charge on any atom is -0.547 e. The first-order chi connectivity index (χ1) is 6.49. The predicted octanol–water partition coefficient (Wildman–Crippen LogP) is -6.81. The normalized spacial score (nSPS) is 40.7. The van der Waals surface area contributed by atoms with E-state index >= 15 is 0 Å². The number of carboxylic acid groups (broad SMARTS) is 1. The Kier molecular flexibility index (Phi) is 6.99. The second kappa shape index (κ2) is 6.60. The zero-order valence-corrected chi connectivity index (χ0v) is 11.5. The van der Waals surface area contributed by atoms with Crippen molar-refractivity contribution in [3.63, 3.8) is 0 Å². The molecule has 8 heteroatoms. The van der Waals surface area contributed by atoms with E-state index in [-0.39, 0.29) is 51.4 Å². The number of carbonyl (C=O) groups is 1. The molecule has 0 aromatic heterocycles. The Balaban J connectivity index is 0.00000196. The molecule has 0 aromatic rings. The number of methoxy groups -OCH3 is 1. The summed E-state index contributed by atoms with van der Waals surface area (Å²) in [5.74, 6) is -1.68. The van der Waals surface area contributed by atoms with Crippen molar-refractivity contribution in [3.8, 4) is 0 Å². The molecule has 0 aliphatic carbocycles. The van der Waals surface area contributed by atoms with E-state index in [1.54, 1.807) is 0 Å². The van der Waals surface area contributed by atoms with Crippen LogP contribution in [0.4, 0.5) is 0 Å². The van der Waals surface area contributed by atoms with Crippen molar-refractivity contribution in [1.29, 1.82) is 0 Å². The monoisotopic (exact) mass is 246 g/mol. The van der Waals surface area contributed by atoms with Crippen LogP contribution < -0.4 is 56.5 Å². The summed E-state index contributed by atoms with van der Waals surface area (Å²) in [6.45, 7) is 0. The van der Waals surface area contributed by atoms with Gasteiger partial charge < -0.3 is 34.7 Å². The first-order valence-electron chi connectivity index (χ1n) is 3.92. The maximum absolute atomic E-state index is 10.4. The van der Waals surface area contributed by atoms with Crippen molar-refractivity contribution >= 4 is 5.97 Å². The van der Waals surface area contributed by atoms with E-state index in [4.69, 9.17) is 0 Å². The standard InChI is InChI=1S/C7H12O7.K/c1-13-7-4(10)2(8)3(9)5(14-7)6(11)12;/h2-5,7-10H,1H3,(H,11,12);/q;+1/p-1/t2-,3-,4+,5-,7-;/m0./s1. The van der Waals surface area contributed by atoms with E-state index in [2.05, 4.69) is 9.47 Å². The Labute approximate surface area is 128 Å². The number of carboxylic acids is 1. The molecule has 1 saturated heterocycles. The van der Waals surface area contributed by atoms with Crippen LogP contribution in [0.2, 0.25) is 0 Å². The van der Waals surface area contributed by atoms with E-state index in [1.165, 1.54) is 7.11 Å². The molecular weight excluding hydrogens is 235 g/mol. The molecule has 0 amide bonds. The quantitative estimate of drug-likeness (QED) is 0.414. The number of hydrogen-bond donors (Lipinski definition) is 3. The number of aliphatic carboxylic acids is 1. The van der Waals surface area contributed by atoms with Gasteiger partial charge in [-0.05, 0) is 0 Å². The average Bonchev–Trinajstić information content (AvgIpc) is 2.14. The van der Waals surface area contributed by atoms with Crippen LogP contribution in [0.25, 0.3) is 0 Å². The number of aliphatic hydroxyl groups is 3. The van der Waals surface area contributed by atoms with E-state index < -0.39 is 36.7 Å². The molecule has 0 radical (unpaired) electrons. The van der Waals surface area contributed by atoms with Gasteiger partial charge in [-0.15, -0.1) is 0 Å². The second-order valence-electron chi connectivity index (χ2n) is 2.95. The Bertz CT molecular complexity index is 221. The summed E-state index contributed by atoms with van der Waals surface area (Å²) in [5.41, 5.74) is 0.